The molecular weight excluding hydrogens is 420 g/mol. The highest BCUT2D eigenvalue weighted by Gasteiger charge is 2.40. The van der Waals surface area contributed by atoms with Gasteiger partial charge in [-0.05, 0) is 56.3 Å². The van der Waals surface area contributed by atoms with Crippen molar-refractivity contribution in [3.8, 4) is 0 Å². The molecule has 0 aromatic heterocycles. The van der Waals surface area contributed by atoms with Crippen molar-refractivity contribution in [3.05, 3.63) is 12.2 Å². The molecule has 0 heterocycles. The normalized spacial score (nSPS) is 23.1. The first-order valence-electron chi connectivity index (χ1n) is 13.3. The Morgan fingerprint density at radius 2 is 1.67 bits per heavy atom. The monoisotopic (exact) mass is 470 g/mol. The zero-order valence-corrected chi connectivity index (χ0v) is 21.4. The van der Waals surface area contributed by atoms with Gasteiger partial charge >= 0.3 is 5.97 Å². The van der Waals surface area contributed by atoms with Crippen molar-refractivity contribution >= 4 is 5.97 Å². The van der Waals surface area contributed by atoms with Crippen LogP contribution in [0.3, 0.4) is 0 Å². The highest BCUT2D eigenvalue weighted by atomic mass is 16.5. The second-order valence-corrected chi connectivity index (χ2v) is 9.67. The van der Waals surface area contributed by atoms with Crippen LogP contribution in [0.5, 0.6) is 0 Å². The molecule has 33 heavy (non-hydrogen) atoms. The quantitative estimate of drug-likeness (QED) is 0.149. The average molecular weight is 471 g/mol. The highest BCUT2D eigenvalue weighted by molar-refractivity contribution is 5.71. The predicted octanol–water partition coefficient (Wildman–Crippen LogP) is 4.91. The first kappa shape index (κ1) is 30.1. The maximum atomic E-state index is 11.4. The fourth-order valence-corrected chi connectivity index (χ4v) is 4.55. The fraction of sp³-hybridized carbons (Fsp3) is 0.889. The Morgan fingerprint density at radius 3 is 2.36 bits per heavy atom. The Labute approximate surface area is 202 Å². The summed E-state index contributed by atoms with van der Waals surface area (Å²) in [6.07, 6.45) is 14.0. The molecule has 1 fully saturated rings. The van der Waals surface area contributed by atoms with Crippen LogP contribution in [0.2, 0.25) is 0 Å². The van der Waals surface area contributed by atoms with E-state index in [0.717, 1.165) is 38.7 Å². The van der Waals surface area contributed by atoms with E-state index in [4.69, 9.17) is 14.2 Å². The van der Waals surface area contributed by atoms with Crippen molar-refractivity contribution in [1.29, 1.82) is 0 Å². The number of rotatable bonds is 20. The van der Waals surface area contributed by atoms with E-state index in [1.54, 1.807) is 0 Å². The minimum atomic E-state index is -0.375. The summed E-state index contributed by atoms with van der Waals surface area (Å²) in [6.45, 7) is 9.12. The van der Waals surface area contributed by atoms with Gasteiger partial charge in [-0.2, -0.15) is 0 Å². The van der Waals surface area contributed by atoms with E-state index in [-0.39, 0.29) is 42.4 Å². The lowest BCUT2D eigenvalue weighted by molar-refractivity contribution is -0.147. The Kier molecular flexibility index (Phi) is 17.7. The lowest BCUT2D eigenvalue weighted by Crippen LogP contribution is -2.23. The smallest absolute Gasteiger partial charge is 0.308 e. The number of esters is 1. The third-order valence-electron chi connectivity index (χ3n) is 6.59. The SMILES string of the molecule is CCCCCCCOCCOCC[C@@H]1C(CC=CCCCOC(=O)C(C)C)[C@@H](O)C[C@H]1CO. The van der Waals surface area contributed by atoms with E-state index in [9.17, 15) is 15.0 Å². The van der Waals surface area contributed by atoms with Crippen molar-refractivity contribution in [1.82, 2.24) is 0 Å². The summed E-state index contributed by atoms with van der Waals surface area (Å²) >= 11 is 0. The maximum absolute atomic E-state index is 11.4. The number of aliphatic hydroxyl groups excluding tert-OH is 2. The van der Waals surface area contributed by atoms with Gasteiger partial charge in [0.1, 0.15) is 0 Å². The Hall–Kier alpha value is -0.950. The Bertz CT molecular complexity index is 507. The number of carbonyl (C=O) groups is 1. The summed E-state index contributed by atoms with van der Waals surface area (Å²) in [7, 11) is 0. The predicted molar refractivity (Wildman–Crippen MR) is 132 cm³/mol. The largest absolute Gasteiger partial charge is 0.465 e. The van der Waals surface area contributed by atoms with Gasteiger partial charge in [-0.25, -0.2) is 0 Å². The number of aliphatic hydroxyl groups is 2. The molecule has 0 aromatic carbocycles. The Morgan fingerprint density at radius 1 is 0.939 bits per heavy atom. The fourth-order valence-electron chi connectivity index (χ4n) is 4.55. The summed E-state index contributed by atoms with van der Waals surface area (Å²) in [5.41, 5.74) is 0. The first-order chi connectivity index (χ1) is 16.0. The van der Waals surface area contributed by atoms with E-state index in [2.05, 4.69) is 19.1 Å². The minimum absolute atomic E-state index is 0.0855. The van der Waals surface area contributed by atoms with Gasteiger partial charge in [-0.15, -0.1) is 0 Å². The zero-order valence-electron chi connectivity index (χ0n) is 21.4. The number of unbranched alkanes of at least 4 members (excludes halogenated alkanes) is 5. The summed E-state index contributed by atoms with van der Waals surface area (Å²) < 4.78 is 16.6. The lowest BCUT2D eigenvalue weighted by Gasteiger charge is -2.24. The molecule has 0 spiro atoms. The van der Waals surface area contributed by atoms with Crippen LogP contribution < -0.4 is 0 Å². The van der Waals surface area contributed by atoms with Crippen LogP contribution in [0.25, 0.3) is 0 Å². The van der Waals surface area contributed by atoms with Crippen molar-refractivity contribution in [2.75, 3.05) is 39.6 Å². The molecule has 0 saturated heterocycles. The molecule has 0 aromatic rings. The van der Waals surface area contributed by atoms with Gasteiger partial charge in [-0.3, -0.25) is 4.79 Å². The summed E-state index contributed by atoms with van der Waals surface area (Å²) in [4.78, 5) is 11.4. The molecule has 1 rings (SSSR count). The Balaban J connectivity index is 2.20. The van der Waals surface area contributed by atoms with Gasteiger partial charge in [0.15, 0.2) is 0 Å². The molecule has 1 unspecified atom stereocenters. The number of hydrogen-bond donors (Lipinski definition) is 2. The van der Waals surface area contributed by atoms with Crippen LogP contribution in [-0.2, 0) is 19.0 Å². The van der Waals surface area contributed by atoms with Crippen LogP contribution in [-0.4, -0.2) is 61.9 Å². The molecule has 1 aliphatic rings. The van der Waals surface area contributed by atoms with Gasteiger partial charge in [0.25, 0.3) is 0 Å². The van der Waals surface area contributed by atoms with E-state index in [1.807, 2.05) is 13.8 Å². The second kappa shape index (κ2) is 19.4. The molecule has 0 bridgehead atoms. The van der Waals surface area contributed by atoms with Crippen LogP contribution >= 0.6 is 0 Å². The molecule has 4 atom stereocenters. The molecule has 1 aliphatic carbocycles. The van der Waals surface area contributed by atoms with Gasteiger partial charge in [0.2, 0.25) is 0 Å². The van der Waals surface area contributed by atoms with E-state index in [0.29, 0.717) is 32.8 Å². The summed E-state index contributed by atoms with van der Waals surface area (Å²) in [5, 5.41) is 20.3. The number of ether oxygens (including phenoxy) is 3. The number of allylic oxidation sites excluding steroid dienone is 2. The maximum Gasteiger partial charge on any atom is 0.308 e. The van der Waals surface area contributed by atoms with Gasteiger partial charge in [-0.1, -0.05) is 58.6 Å². The first-order valence-corrected chi connectivity index (χ1v) is 13.3. The standard InChI is InChI=1S/C27H50O6/c1-4-5-6-8-11-15-31-18-19-32-17-14-24-23(21-28)20-26(29)25(24)13-10-7-9-12-16-33-27(30)22(2)3/h7,10,22-26,28-29H,4-6,8-9,11-21H2,1-3H3/t23-,24-,25?,26-/m0/s1. The second-order valence-electron chi connectivity index (χ2n) is 9.67. The van der Waals surface area contributed by atoms with Crippen LogP contribution in [0.15, 0.2) is 12.2 Å². The van der Waals surface area contributed by atoms with Crippen molar-refractivity contribution in [2.24, 2.45) is 23.7 Å². The molecule has 2 N–H and O–H groups in total. The molecular formula is C27H50O6. The molecule has 6 heteroatoms. The number of hydrogen-bond acceptors (Lipinski definition) is 6. The van der Waals surface area contributed by atoms with Crippen molar-refractivity contribution in [3.63, 3.8) is 0 Å². The van der Waals surface area contributed by atoms with E-state index in [1.165, 1.54) is 25.7 Å². The van der Waals surface area contributed by atoms with Crippen LogP contribution in [0.4, 0.5) is 0 Å². The third-order valence-corrected chi connectivity index (χ3v) is 6.59. The molecule has 0 aliphatic heterocycles. The van der Waals surface area contributed by atoms with Gasteiger partial charge < -0.3 is 24.4 Å². The van der Waals surface area contributed by atoms with E-state index < -0.39 is 0 Å². The van der Waals surface area contributed by atoms with Crippen LogP contribution in [0, 0.1) is 23.7 Å². The topological polar surface area (TPSA) is 85.2 Å². The lowest BCUT2D eigenvalue weighted by atomic mass is 9.84. The summed E-state index contributed by atoms with van der Waals surface area (Å²) in [6, 6.07) is 0. The van der Waals surface area contributed by atoms with Gasteiger partial charge in [0.05, 0.1) is 31.8 Å². The van der Waals surface area contributed by atoms with Crippen LogP contribution in [0.1, 0.15) is 85.0 Å². The number of carbonyl (C=O) groups excluding carboxylic acids is 1. The average Bonchev–Trinajstić information content (AvgIpc) is 3.10. The molecule has 0 radical (unpaired) electrons. The minimum Gasteiger partial charge on any atom is -0.465 e. The van der Waals surface area contributed by atoms with Crippen molar-refractivity contribution in [2.45, 2.75) is 91.1 Å². The third kappa shape index (κ3) is 13.5. The molecule has 194 valence electrons. The zero-order chi connectivity index (χ0) is 24.3. The summed E-state index contributed by atoms with van der Waals surface area (Å²) in [5.74, 6) is 0.317. The van der Waals surface area contributed by atoms with E-state index >= 15 is 0 Å². The molecule has 1 saturated carbocycles. The highest BCUT2D eigenvalue weighted by Crippen LogP contribution is 2.41. The van der Waals surface area contributed by atoms with Gasteiger partial charge in [0, 0.05) is 19.8 Å². The molecule has 0 amide bonds. The molecule has 6 nitrogen and oxygen atoms in total. The van der Waals surface area contributed by atoms with Crippen molar-refractivity contribution < 1.29 is 29.2 Å².